The van der Waals surface area contributed by atoms with Crippen LogP contribution >= 0.6 is 0 Å². The van der Waals surface area contributed by atoms with Gasteiger partial charge in [-0.25, -0.2) is 13.2 Å². The van der Waals surface area contributed by atoms with Gasteiger partial charge in [-0.2, -0.15) is 0 Å². The van der Waals surface area contributed by atoms with Crippen LogP contribution in [-0.2, 0) is 29.1 Å². The normalized spacial score (nSPS) is 30.5. The summed E-state index contributed by atoms with van der Waals surface area (Å²) in [5, 5.41) is 5.16. The van der Waals surface area contributed by atoms with Gasteiger partial charge < -0.3 is 25.2 Å². The van der Waals surface area contributed by atoms with Gasteiger partial charge in [0.05, 0.1) is 5.25 Å². The van der Waals surface area contributed by atoms with E-state index in [1.54, 1.807) is 25.7 Å². The summed E-state index contributed by atoms with van der Waals surface area (Å²) in [6, 6.07) is 8.27. The van der Waals surface area contributed by atoms with Crippen molar-refractivity contribution in [1.82, 2.24) is 25.2 Å². The molecule has 5 atom stereocenters. The number of alkyl carbamates (subject to hydrolysis) is 1. The first-order valence-electron chi connectivity index (χ1n) is 18.1. The Hall–Kier alpha value is -3.65. The highest BCUT2D eigenvalue weighted by Crippen LogP contribution is 2.46. The quantitative estimate of drug-likeness (QED) is 0.378. The maximum Gasteiger partial charge on any atom is 0.408 e. The fourth-order valence-corrected chi connectivity index (χ4v) is 8.84. The molecule has 3 heterocycles. The molecule has 13 nitrogen and oxygen atoms in total. The minimum absolute atomic E-state index is 0.122. The van der Waals surface area contributed by atoms with E-state index in [-0.39, 0.29) is 30.8 Å². The summed E-state index contributed by atoms with van der Waals surface area (Å²) >= 11 is 0. The zero-order valence-electron chi connectivity index (χ0n) is 29.4. The maximum atomic E-state index is 14.4. The van der Waals surface area contributed by atoms with Crippen molar-refractivity contribution in [3.63, 3.8) is 0 Å². The fourth-order valence-electron chi connectivity index (χ4n) is 7.48. The molecular weight excluding hydrogens is 660 g/mol. The maximum absolute atomic E-state index is 14.4. The Morgan fingerprint density at radius 1 is 0.980 bits per heavy atom. The van der Waals surface area contributed by atoms with Crippen LogP contribution in [-0.4, -0.2) is 109 Å². The lowest BCUT2D eigenvalue weighted by atomic mass is 10.0. The van der Waals surface area contributed by atoms with E-state index >= 15 is 0 Å². The summed E-state index contributed by atoms with van der Waals surface area (Å²) in [5.41, 5.74) is -1.03. The van der Waals surface area contributed by atoms with E-state index in [1.165, 1.54) is 0 Å². The Morgan fingerprint density at radius 3 is 2.38 bits per heavy atom. The zero-order valence-corrected chi connectivity index (χ0v) is 30.3. The summed E-state index contributed by atoms with van der Waals surface area (Å²) < 4.78 is 33.3. The van der Waals surface area contributed by atoms with Crippen molar-refractivity contribution in [2.75, 3.05) is 37.6 Å². The van der Waals surface area contributed by atoms with Crippen LogP contribution in [0.1, 0.15) is 78.6 Å². The van der Waals surface area contributed by atoms with Gasteiger partial charge in [0, 0.05) is 50.4 Å². The van der Waals surface area contributed by atoms with Crippen molar-refractivity contribution in [3.05, 3.63) is 42.5 Å². The Kier molecular flexibility index (Phi) is 10.5. The fraction of sp³-hybridized carbons (Fsp3) is 0.667. The molecule has 1 aromatic carbocycles. The van der Waals surface area contributed by atoms with Crippen LogP contribution in [0.4, 0.5) is 10.5 Å². The summed E-state index contributed by atoms with van der Waals surface area (Å²) in [7, 11) is -3.84. The SMILES string of the molecule is CC(C)(C)OC(=O)NC1CCCCC/C=C/C2CC2(C(=O)NS(=O)(=O)C2CC2)NC(=O)C2C[C@@H](N3CCN(c4ccccc4)CC3)CN2C1=O. The molecule has 14 heteroatoms. The average Bonchev–Trinajstić information content (AvgIpc) is 3.99. The van der Waals surface area contributed by atoms with Crippen molar-refractivity contribution < 1.29 is 32.3 Å². The van der Waals surface area contributed by atoms with E-state index < -0.39 is 56.4 Å². The largest absolute Gasteiger partial charge is 0.444 e. The number of rotatable bonds is 6. The number of benzene rings is 1. The number of hydrogen-bond donors (Lipinski definition) is 3. The number of allylic oxidation sites excluding steroid dienone is 1. The van der Waals surface area contributed by atoms with Crippen LogP contribution in [0.5, 0.6) is 0 Å². The first-order valence-corrected chi connectivity index (χ1v) is 19.7. The molecule has 4 fully saturated rings. The lowest BCUT2D eigenvalue weighted by molar-refractivity contribution is -0.141. The van der Waals surface area contributed by atoms with Gasteiger partial charge in [0.25, 0.3) is 5.91 Å². The topological polar surface area (TPSA) is 157 Å². The van der Waals surface area contributed by atoms with Crippen LogP contribution in [0.3, 0.4) is 0 Å². The predicted octanol–water partition coefficient (Wildman–Crippen LogP) is 2.68. The zero-order chi connectivity index (χ0) is 35.7. The van der Waals surface area contributed by atoms with E-state index in [9.17, 15) is 27.6 Å². The third-order valence-corrected chi connectivity index (χ3v) is 12.3. The highest BCUT2D eigenvalue weighted by atomic mass is 32.2. The Morgan fingerprint density at radius 2 is 1.70 bits per heavy atom. The van der Waals surface area contributed by atoms with Gasteiger partial charge in [0.15, 0.2) is 0 Å². The van der Waals surface area contributed by atoms with E-state index in [1.807, 2.05) is 30.4 Å². The lowest BCUT2D eigenvalue weighted by Crippen LogP contribution is -2.58. The monoisotopic (exact) mass is 712 g/mol. The summed E-state index contributed by atoms with van der Waals surface area (Å²) in [4.78, 5) is 61.6. The molecule has 0 spiro atoms. The molecular formula is C36H52N6O7S. The molecule has 1 aromatic rings. The second-order valence-electron chi connectivity index (χ2n) is 15.5. The van der Waals surface area contributed by atoms with E-state index in [0.717, 1.165) is 51.1 Å². The number of anilines is 1. The molecule has 6 rings (SSSR count). The number of piperazine rings is 1. The number of amides is 4. The molecule has 2 saturated heterocycles. The molecule has 3 N–H and O–H groups in total. The van der Waals surface area contributed by atoms with Crippen molar-refractivity contribution in [3.8, 4) is 0 Å². The van der Waals surface area contributed by atoms with Crippen LogP contribution in [0.2, 0.25) is 0 Å². The molecule has 4 unspecified atom stereocenters. The number of para-hydroxylation sites is 1. The van der Waals surface area contributed by atoms with Gasteiger partial charge in [-0.05, 0) is 77.8 Å². The first-order chi connectivity index (χ1) is 23.8. The minimum atomic E-state index is -3.84. The number of fused-ring (bicyclic) bond motifs is 2. The molecule has 274 valence electrons. The highest BCUT2D eigenvalue weighted by Gasteiger charge is 2.62. The second kappa shape index (κ2) is 14.5. The summed E-state index contributed by atoms with van der Waals surface area (Å²) in [5.74, 6) is -1.95. The minimum Gasteiger partial charge on any atom is -0.444 e. The van der Waals surface area contributed by atoms with E-state index in [2.05, 4.69) is 37.3 Å². The number of hydrogen-bond acceptors (Lipinski definition) is 9. The Bertz CT molecular complexity index is 1570. The number of carbonyl (C=O) groups excluding carboxylic acids is 4. The van der Waals surface area contributed by atoms with Gasteiger partial charge in [0.1, 0.15) is 23.2 Å². The van der Waals surface area contributed by atoms with Gasteiger partial charge in [-0.15, -0.1) is 0 Å². The molecule has 4 amide bonds. The Balaban J connectivity index is 1.25. The molecule has 50 heavy (non-hydrogen) atoms. The van der Waals surface area contributed by atoms with Crippen molar-refractivity contribution in [1.29, 1.82) is 0 Å². The molecule has 2 saturated carbocycles. The molecule has 0 bridgehead atoms. The standard InChI is InChI=1S/C36H52N6O7S/c1-35(2,3)49-34(46)37-29-15-11-6-4-5-8-12-25-23-36(25,33(45)39-50(47,48)28-16-17-28)38-31(43)30-22-27(24-42(30)32(29)44)41-20-18-40(19-21-41)26-13-9-7-10-14-26/h7-10,12-14,25,27-30H,4-6,11,15-24H2,1-3H3,(H,37,46)(H,38,43)(H,39,45)/b12-8+/t25?,27-,29?,30?,36?/m1/s1. The third-order valence-electron chi connectivity index (χ3n) is 10.5. The number of nitrogens with one attached hydrogen (secondary N) is 3. The molecule has 3 aliphatic heterocycles. The van der Waals surface area contributed by atoms with E-state index in [4.69, 9.17) is 4.74 Å². The van der Waals surface area contributed by atoms with Crippen LogP contribution in [0, 0.1) is 5.92 Å². The van der Waals surface area contributed by atoms with Gasteiger partial charge >= 0.3 is 6.09 Å². The number of ether oxygens (including phenoxy) is 1. The average molecular weight is 713 g/mol. The lowest BCUT2D eigenvalue weighted by Gasteiger charge is -2.39. The van der Waals surface area contributed by atoms with Crippen LogP contribution in [0.15, 0.2) is 42.5 Å². The van der Waals surface area contributed by atoms with Gasteiger partial charge in [0.2, 0.25) is 21.8 Å². The number of carbonyl (C=O) groups is 4. The van der Waals surface area contributed by atoms with Crippen molar-refractivity contribution in [2.45, 2.75) is 113 Å². The van der Waals surface area contributed by atoms with Crippen molar-refractivity contribution >= 4 is 39.5 Å². The summed E-state index contributed by atoms with van der Waals surface area (Å²) in [6.07, 6.45) is 8.28. The van der Waals surface area contributed by atoms with E-state index in [0.29, 0.717) is 32.1 Å². The van der Waals surface area contributed by atoms with Gasteiger partial charge in [-0.3, -0.25) is 24.0 Å². The van der Waals surface area contributed by atoms with Crippen LogP contribution < -0.4 is 20.3 Å². The van der Waals surface area contributed by atoms with Crippen molar-refractivity contribution in [2.24, 2.45) is 5.92 Å². The summed E-state index contributed by atoms with van der Waals surface area (Å²) in [6.45, 7) is 8.63. The first kappa shape index (κ1) is 36.2. The molecule has 5 aliphatic rings. The number of nitrogens with zero attached hydrogens (tertiary/aromatic N) is 3. The molecule has 0 radical (unpaired) electrons. The van der Waals surface area contributed by atoms with Gasteiger partial charge in [-0.1, -0.05) is 43.2 Å². The Labute approximate surface area is 295 Å². The number of sulfonamides is 1. The smallest absolute Gasteiger partial charge is 0.408 e. The second-order valence-corrected chi connectivity index (χ2v) is 17.4. The predicted molar refractivity (Wildman–Crippen MR) is 189 cm³/mol. The highest BCUT2D eigenvalue weighted by molar-refractivity contribution is 7.91. The van der Waals surface area contributed by atoms with Crippen LogP contribution in [0.25, 0.3) is 0 Å². The molecule has 2 aliphatic carbocycles. The third kappa shape index (κ3) is 8.44. The molecule has 0 aromatic heterocycles.